The summed E-state index contributed by atoms with van der Waals surface area (Å²) in [5.41, 5.74) is -0.209. The number of rotatable bonds is 6. The van der Waals surface area contributed by atoms with Crippen LogP contribution in [0, 0.1) is 11.6 Å². The van der Waals surface area contributed by atoms with Crippen LogP contribution in [0.1, 0.15) is 16.8 Å². The molecule has 1 aliphatic rings. The number of hydrogen-bond donors (Lipinski definition) is 1. The molecule has 2 aromatic carbocycles. The number of esters is 1. The third-order valence-corrected chi connectivity index (χ3v) is 6.65. The van der Waals surface area contributed by atoms with Gasteiger partial charge in [0.15, 0.2) is 24.0 Å². The Morgan fingerprint density at radius 2 is 1.80 bits per heavy atom. The Labute approximate surface area is 175 Å². The molecule has 2 aromatic rings. The van der Waals surface area contributed by atoms with Gasteiger partial charge in [-0.05, 0) is 42.5 Å². The third-order valence-electron chi connectivity index (χ3n) is 4.51. The molecular formula is C19H16ClF2NO6S. The lowest BCUT2D eigenvalue weighted by atomic mass is 10.1. The summed E-state index contributed by atoms with van der Waals surface area (Å²) in [4.78, 5) is 24.4. The number of hydrogen-bond acceptors (Lipinski definition) is 6. The van der Waals surface area contributed by atoms with Crippen LogP contribution >= 0.6 is 11.6 Å². The van der Waals surface area contributed by atoms with Gasteiger partial charge in [0.1, 0.15) is 6.04 Å². The zero-order chi connectivity index (χ0) is 22.1. The van der Waals surface area contributed by atoms with E-state index < -0.39 is 52.2 Å². The number of Topliss-reactive ketones (excluding diaryl/α,β-unsaturated/α-hetero) is 1. The van der Waals surface area contributed by atoms with Crippen LogP contribution in [0.4, 0.5) is 8.78 Å². The first kappa shape index (κ1) is 22.3. The van der Waals surface area contributed by atoms with Crippen molar-refractivity contribution in [1.29, 1.82) is 0 Å². The summed E-state index contributed by atoms with van der Waals surface area (Å²) in [6, 6.07) is 6.38. The molecule has 1 aliphatic heterocycles. The van der Waals surface area contributed by atoms with E-state index in [0.29, 0.717) is 11.1 Å². The Morgan fingerprint density at radius 1 is 1.13 bits per heavy atom. The van der Waals surface area contributed by atoms with Crippen LogP contribution in [0.25, 0.3) is 0 Å². The predicted octanol–water partition coefficient (Wildman–Crippen LogP) is 2.17. The Balaban J connectivity index is 1.73. The summed E-state index contributed by atoms with van der Waals surface area (Å²) in [6.45, 7) is -1.13. The lowest BCUT2D eigenvalue weighted by molar-refractivity contribution is -0.146. The largest absolute Gasteiger partial charge is 0.456 e. The molecule has 1 saturated heterocycles. The lowest BCUT2D eigenvalue weighted by Gasteiger charge is -2.22. The van der Waals surface area contributed by atoms with Gasteiger partial charge in [-0.15, -0.1) is 0 Å². The highest BCUT2D eigenvalue weighted by molar-refractivity contribution is 7.89. The number of sulfonamides is 1. The number of aliphatic hydroxyl groups is 1. The number of carbonyl (C=O) groups excluding carboxylic acids is 2. The van der Waals surface area contributed by atoms with Gasteiger partial charge in [-0.25, -0.2) is 17.2 Å². The van der Waals surface area contributed by atoms with Crippen LogP contribution in [0.3, 0.4) is 0 Å². The zero-order valence-corrected chi connectivity index (χ0v) is 16.9. The molecule has 0 saturated carbocycles. The summed E-state index contributed by atoms with van der Waals surface area (Å²) in [5, 5.41) is 10.2. The van der Waals surface area contributed by atoms with Gasteiger partial charge < -0.3 is 9.84 Å². The van der Waals surface area contributed by atoms with Crippen molar-refractivity contribution >= 4 is 33.4 Å². The highest BCUT2D eigenvalue weighted by Crippen LogP contribution is 2.28. The van der Waals surface area contributed by atoms with E-state index in [9.17, 15) is 31.9 Å². The predicted molar refractivity (Wildman–Crippen MR) is 101 cm³/mol. The van der Waals surface area contributed by atoms with E-state index in [1.165, 1.54) is 24.3 Å². The summed E-state index contributed by atoms with van der Waals surface area (Å²) in [6.07, 6.45) is -1.32. The van der Waals surface area contributed by atoms with Gasteiger partial charge >= 0.3 is 5.97 Å². The number of halogens is 3. The van der Waals surface area contributed by atoms with Crippen molar-refractivity contribution in [1.82, 2.24) is 4.31 Å². The Bertz CT molecular complexity index is 1080. The highest BCUT2D eigenvalue weighted by Gasteiger charge is 2.44. The van der Waals surface area contributed by atoms with E-state index in [4.69, 9.17) is 16.3 Å². The highest BCUT2D eigenvalue weighted by atomic mass is 35.5. The number of β-amino-alcohol motifs (C(OH)–C–C–N with tert-alkyl or cyclic N) is 1. The van der Waals surface area contributed by atoms with Crippen LogP contribution < -0.4 is 0 Å². The molecule has 7 nitrogen and oxygen atoms in total. The third kappa shape index (κ3) is 4.67. The zero-order valence-electron chi connectivity index (χ0n) is 15.3. The van der Waals surface area contributed by atoms with Crippen molar-refractivity contribution < 1.29 is 36.6 Å². The fraction of sp³-hybridized carbons (Fsp3) is 0.263. The topological polar surface area (TPSA) is 101 Å². The van der Waals surface area contributed by atoms with Gasteiger partial charge in [0, 0.05) is 23.6 Å². The first-order chi connectivity index (χ1) is 14.1. The van der Waals surface area contributed by atoms with Crippen LogP contribution in [-0.4, -0.2) is 54.9 Å². The molecule has 11 heteroatoms. The van der Waals surface area contributed by atoms with E-state index in [0.717, 1.165) is 16.4 Å². The molecule has 2 atom stereocenters. The van der Waals surface area contributed by atoms with Crippen molar-refractivity contribution in [3.63, 3.8) is 0 Å². The number of benzene rings is 2. The number of aliphatic hydroxyl groups excluding tert-OH is 1. The smallest absolute Gasteiger partial charge is 0.325 e. The molecule has 0 aromatic heterocycles. The number of nitrogens with zero attached hydrogens (tertiary/aromatic N) is 1. The van der Waals surface area contributed by atoms with Crippen LogP contribution in [0.2, 0.25) is 5.02 Å². The van der Waals surface area contributed by atoms with Crippen molar-refractivity contribution in [3.05, 3.63) is 64.7 Å². The molecule has 0 aliphatic carbocycles. The molecule has 0 spiro atoms. The van der Waals surface area contributed by atoms with Gasteiger partial charge in [0.25, 0.3) is 0 Å². The fourth-order valence-electron chi connectivity index (χ4n) is 2.99. The van der Waals surface area contributed by atoms with Gasteiger partial charge in [-0.2, -0.15) is 4.31 Å². The second-order valence-corrected chi connectivity index (χ2v) is 8.92. The molecule has 0 radical (unpaired) electrons. The summed E-state index contributed by atoms with van der Waals surface area (Å²) >= 11 is 5.76. The van der Waals surface area contributed by atoms with Crippen LogP contribution in [0.15, 0.2) is 47.4 Å². The normalized spacial score (nSPS) is 19.6. The number of ether oxygens (including phenoxy) is 1. The summed E-state index contributed by atoms with van der Waals surface area (Å²) < 4.78 is 57.6. The van der Waals surface area contributed by atoms with E-state index >= 15 is 0 Å². The number of ketones is 1. The van der Waals surface area contributed by atoms with Gasteiger partial charge in [-0.3, -0.25) is 9.59 Å². The molecule has 160 valence electrons. The van der Waals surface area contributed by atoms with E-state index in [2.05, 4.69) is 0 Å². The molecule has 1 fully saturated rings. The second-order valence-electron chi connectivity index (χ2n) is 6.59. The minimum Gasteiger partial charge on any atom is -0.456 e. The van der Waals surface area contributed by atoms with Gasteiger partial charge in [0.05, 0.1) is 11.0 Å². The van der Waals surface area contributed by atoms with Crippen molar-refractivity contribution in [3.8, 4) is 0 Å². The first-order valence-electron chi connectivity index (χ1n) is 8.70. The minimum atomic E-state index is -4.15. The quantitative estimate of drug-likeness (QED) is 0.525. The van der Waals surface area contributed by atoms with E-state index in [1.54, 1.807) is 0 Å². The second kappa shape index (κ2) is 8.76. The average Bonchev–Trinajstić information content (AvgIpc) is 3.11. The molecule has 0 unspecified atom stereocenters. The SMILES string of the molecule is O=C(COC(=O)[C@@H]1C[C@@H](O)CN1S(=O)(=O)c1ccc(Cl)cc1)c1ccc(F)c(F)c1. The van der Waals surface area contributed by atoms with Crippen molar-refractivity contribution in [2.45, 2.75) is 23.5 Å². The van der Waals surface area contributed by atoms with E-state index in [1.807, 2.05) is 0 Å². The van der Waals surface area contributed by atoms with Crippen LogP contribution in [0.5, 0.6) is 0 Å². The van der Waals surface area contributed by atoms with Crippen molar-refractivity contribution in [2.75, 3.05) is 13.2 Å². The maximum atomic E-state index is 13.3. The summed E-state index contributed by atoms with van der Waals surface area (Å²) in [7, 11) is -4.15. The monoisotopic (exact) mass is 459 g/mol. The van der Waals surface area contributed by atoms with Crippen molar-refractivity contribution in [2.24, 2.45) is 0 Å². The van der Waals surface area contributed by atoms with Crippen LogP contribution in [-0.2, 0) is 19.6 Å². The molecule has 1 heterocycles. The standard InChI is InChI=1S/C19H16ClF2NO6S/c20-12-2-4-14(5-3-12)30(27,28)23-9-13(24)8-17(23)19(26)29-10-18(25)11-1-6-15(21)16(22)7-11/h1-7,13,17,24H,8-10H2/t13-,17+/m1/s1. The summed E-state index contributed by atoms with van der Waals surface area (Å²) in [5.74, 6) is -4.20. The maximum Gasteiger partial charge on any atom is 0.325 e. The average molecular weight is 460 g/mol. The number of carbonyl (C=O) groups is 2. The maximum absolute atomic E-state index is 13.3. The fourth-order valence-corrected chi connectivity index (χ4v) is 4.74. The molecule has 0 bridgehead atoms. The van der Waals surface area contributed by atoms with E-state index in [-0.39, 0.29) is 23.4 Å². The molecule has 0 amide bonds. The van der Waals surface area contributed by atoms with Gasteiger partial charge in [0.2, 0.25) is 10.0 Å². The Kier molecular flexibility index (Phi) is 6.51. The lowest BCUT2D eigenvalue weighted by Crippen LogP contribution is -2.41. The molecular weight excluding hydrogens is 444 g/mol. The molecule has 30 heavy (non-hydrogen) atoms. The Morgan fingerprint density at radius 3 is 2.43 bits per heavy atom. The Hall–Kier alpha value is -2.40. The molecule has 1 N–H and O–H groups in total. The van der Waals surface area contributed by atoms with Gasteiger partial charge in [-0.1, -0.05) is 11.6 Å². The first-order valence-corrected chi connectivity index (χ1v) is 10.5. The minimum absolute atomic E-state index is 0.128. The molecule has 3 rings (SSSR count).